The smallest absolute Gasteiger partial charge is 0.202 e. The lowest BCUT2D eigenvalue weighted by Crippen LogP contribution is -2.49. The number of aliphatic hydroxyl groups excluding tert-OH is 6. The fraction of sp³-hybridized carbons (Fsp3) is 0.667. The number of rotatable bonds is 4. The largest absolute Gasteiger partial charge is 0.504 e. The van der Waals surface area contributed by atoms with Crippen molar-refractivity contribution in [2.45, 2.75) is 62.4 Å². The van der Waals surface area contributed by atoms with Crippen LogP contribution in [0.15, 0.2) is 18.2 Å². The average Bonchev–Trinajstić information content (AvgIpc) is 2.68. The molecular weight excluding hydrogens is 392 g/mol. The number of phenolic OH excluding ortho intramolecular Hbond substituents is 2. The summed E-state index contributed by atoms with van der Waals surface area (Å²) in [6, 6.07) is 4.33. The second-order valence-corrected chi connectivity index (χ2v) is 6.84. The molecule has 11 nitrogen and oxygen atoms in total. The molecule has 0 spiro atoms. The zero-order valence-electron chi connectivity index (χ0n) is 15.6. The van der Waals surface area contributed by atoms with Gasteiger partial charge in [0.1, 0.15) is 12.2 Å². The van der Waals surface area contributed by atoms with E-state index in [-0.39, 0.29) is 36.7 Å². The second kappa shape index (κ2) is 10.9. The maximum Gasteiger partial charge on any atom is 0.202 e. The summed E-state index contributed by atoms with van der Waals surface area (Å²) in [7, 11) is 0. The maximum atomic E-state index is 9.60. The van der Waals surface area contributed by atoms with E-state index in [2.05, 4.69) is 0 Å². The van der Waals surface area contributed by atoms with Gasteiger partial charge in [-0.1, -0.05) is 6.07 Å². The molecule has 1 unspecified atom stereocenters. The first-order valence-electron chi connectivity index (χ1n) is 9.17. The Morgan fingerprint density at radius 1 is 0.931 bits per heavy atom. The number of ether oxygens (including phenoxy) is 3. The van der Waals surface area contributed by atoms with Gasteiger partial charge < -0.3 is 55.1 Å². The molecule has 11 heteroatoms. The molecule has 2 heterocycles. The first kappa shape index (κ1) is 23.6. The number of hydrogen-bond acceptors (Lipinski definition) is 11. The van der Waals surface area contributed by atoms with Gasteiger partial charge >= 0.3 is 0 Å². The van der Waals surface area contributed by atoms with Gasteiger partial charge in [0.15, 0.2) is 17.8 Å². The normalized spacial score (nSPS) is 34.8. The summed E-state index contributed by atoms with van der Waals surface area (Å²) in [4.78, 5) is 0. The molecule has 0 amide bonds. The van der Waals surface area contributed by atoms with E-state index in [0.29, 0.717) is 6.42 Å². The van der Waals surface area contributed by atoms with Gasteiger partial charge in [-0.25, -0.2) is 0 Å². The SMILES string of the molecule is OC[C@@H]1C[C@H](O)C[C@H](Oc2cccc(O)c2O)O1.OC[C@H]1OC(O)C[C@@H](O)[C@H]1O. The van der Waals surface area contributed by atoms with Gasteiger partial charge in [-0.05, 0) is 12.1 Å². The second-order valence-electron chi connectivity index (χ2n) is 6.84. The third kappa shape index (κ3) is 6.66. The van der Waals surface area contributed by atoms with Crippen molar-refractivity contribution in [3.8, 4) is 17.2 Å². The molecule has 7 atom stereocenters. The predicted molar refractivity (Wildman–Crippen MR) is 96.0 cm³/mol. The molecule has 0 aliphatic carbocycles. The number of aliphatic hydroxyl groups is 6. The molecule has 3 rings (SSSR count). The van der Waals surface area contributed by atoms with Crippen LogP contribution in [-0.4, -0.2) is 97.2 Å². The van der Waals surface area contributed by atoms with E-state index in [0.717, 1.165) is 0 Å². The quantitative estimate of drug-likeness (QED) is 0.255. The fourth-order valence-electron chi connectivity index (χ4n) is 2.97. The zero-order chi connectivity index (χ0) is 21.6. The van der Waals surface area contributed by atoms with E-state index in [1.807, 2.05) is 0 Å². The summed E-state index contributed by atoms with van der Waals surface area (Å²) in [5, 5.41) is 73.1. The zero-order valence-corrected chi connectivity index (χ0v) is 15.6. The Morgan fingerprint density at radius 2 is 1.66 bits per heavy atom. The van der Waals surface area contributed by atoms with E-state index < -0.39 is 49.7 Å². The van der Waals surface area contributed by atoms with Crippen LogP contribution in [0.25, 0.3) is 0 Å². The molecule has 2 aliphatic heterocycles. The Kier molecular flexibility index (Phi) is 8.86. The minimum Gasteiger partial charge on any atom is -0.504 e. The molecule has 8 N–H and O–H groups in total. The highest BCUT2D eigenvalue weighted by molar-refractivity contribution is 5.48. The highest BCUT2D eigenvalue weighted by Gasteiger charge is 2.35. The van der Waals surface area contributed by atoms with Crippen LogP contribution < -0.4 is 4.74 Å². The molecule has 2 fully saturated rings. The summed E-state index contributed by atoms with van der Waals surface area (Å²) in [6.07, 6.45) is -5.40. The van der Waals surface area contributed by atoms with Crippen molar-refractivity contribution in [1.29, 1.82) is 0 Å². The molecular formula is C18H28O11. The summed E-state index contributed by atoms with van der Waals surface area (Å²) >= 11 is 0. The molecule has 0 radical (unpaired) electrons. The van der Waals surface area contributed by atoms with Gasteiger partial charge in [0, 0.05) is 19.3 Å². The van der Waals surface area contributed by atoms with Crippen LogP contribution >= 0.6 is 0 Å². The van der Waals surface area contributed by atoms with Gasteiger partial charge in [-0.3, -0.25) is 0 Å². The first-order valence-corrected chi connectivity index (χ1v) is 9.17. The summed E-state index contributed by atoms with van der Waals surface area (Å²) < 4.78 is 15.5. The minimum absolute atomic E-state index is 0.0162. The number of aromatic hydroxyl groups is 2. The Labute approximate surface area is 166 Å². The van der Waals surface area contributed by atoms with E-state index in [1.54, 1.807) is 0 Å². The van der Waals surface area contributed by atoms with Crippen molar-refractivity contribution < 1.29 is 55.1 Å². The highest BCUT2D eigenvalue weighted by atomic mass is 16.7. The monoisotopic (exact) mass is 420 g/mol. The van der Waals surface area contributed by atoms with Crippen LogP contribution in [0, 0.1) is 0 Å². The van der Waals surface area contributed by atoms with Crippen molar-refractivity contribution in [2.75, 3.05) is 13.2 Å². The van der Waals surface area contributed by atoms with Gasteiger partial charge in [0.25, 0.3) is 0 Å². The van der Waals surface area contributed by atoms with E-state index in [9.17, 15) is 15.3 Å². The molecule has 29 heavy (non-hydrogen) atoms. The van der Waals surface area contributed by atoms with Crippen molar-refractivity contribution >= 4 is 0 Å². The lowest BCUT2D eigenvalue weighted by molar-refractivity contribution is -0.239. The lowest BCUT2D eigenvalue weighted by Gasteiger charge is -2.33. The van der Waals surface area contributed by atoms with Gasteiger partial charge in [-0.15, -0.1) is 0 Å². The molecule has 0 bridgehead atoms. The lowest BCUT2D eigenvalue weighted by atomic mass is 10.0. The van der Waals surface area contributed by atoms with Crippen LogP contribution in [0.1, 0.15) is 19.3 Å². The topological polar surface area (TPSA) is 190 Å². The molecule has 166 valence electrons. The van der Waals surface area contributed by atoms with Crippen LogP contribution in [0.4, 0.5) is 0 Å². The van der Waals surface area contributed by atoms with E-state index in [1.165, 1.54) is 18.2 Å². The van der Waals surface area contributed by atoms with E-state index >= 15 is 0 Å². The molecule has 0 saturated carbocycles. The number of benzene rings is 1. The molecule has 2 saturated heterocycles. The first-order chi connectivity index (χ1) is 13.7. The van der Waals surface area contributed by atoms with Crippen LogP contribution in [-0.2, 0) is 9.47 Å². The number of para-hydroxylation sites is 1. The summed E-state index contributed by atoms with van der Waals surface area (Å²) in [5.41, 5.74) is 0. The Morgan fingerprint density at radius 3 is 2.31 bits per heavy atom. The minimum atomic E-state index is -1.11. The van der Waals surface area contributed by atoms with E-state index in [4.69, 9.17) is 39.7 Å². The third-order valence-corrected chi connectivity index (χ3v) is 4.51. The molecule has 0 aromatic heterocycles. The van der Waals surface area contributed by atoms with Crippen LogP contribution in [0.2, 0.25) is 0 Å². The van der Waals surface area contributed by atoms with Gasteiger partial charge in [0.05, 0.1) is 31.5 Å². The van der Waals surface area contributed by atoms with Crippen molar-refractivity contribution in [2.24, 2.45) is 0 Å². The van der Waals surface area contributed by atoms with Crippen molar-refractivity contribution in [3.05, 3.63) is 18.2 Å². The third-order valence-electron chi connectivity index (χ3n) is 4.51. The Balaban J connectivity index is 0.000000234. The number of phenols is 2. The van der Waals surface area contributed by atoms with Crippen LogP contribution in [0.5, 0.6) is 17.2 Å². The standard InChI is InChI=1S/C12H16O6.C6H12O5/c13-6-8-4-7(14)5-11(17-8)18-10-3-1-2-9(15)12(10)16;7-2-4-6(10)3(8)1-5(9)11-4/h1-3,7-8,11,13-16H,4-6H2;3-10H,1-2H2/t7-,8-,11-;3-,4-,5?,6-/m01/s1. The molecule has 2 aliphatic rings. The maximum absolute atomic E-state index is 9.60. The highest BCUT2D eigenvalue weighted by Crippen LogP contribution is 2.36. The van der Waals surface area contributed by atoms with Gasteiger partial charge in [-0.2, -0.15) is 0 Å². The number of hydrogen-bond donors (Lipinski definition) is 8. The summed E-state index contributed by atoms with van der Waals surface area (Å²) in [5.74, 6) is -0.588. The predicted octanol–water partition coefficient (Wildman–Crippen LogP) is -1.86. The Bertz CT molecular complexity index is 628. The molecule has 1 aromatic carbocycles. The summed E-state index contributed by atoms with van der Waals surface area (Å²) in [6.45, 7) is -0.613. The van der Waals surface area contributed by atoms with Crippen molar-refractivity contribution in [1.82, 2.24) is 0 Å². The fourth-order valence-corrected chi connectivity index (χ4v) is 2.97. The van der Waals surface area contributed by atoms with Crippen LogP contribution in [0.3, 0.4) is 0 Å². The average molecular weight is 420 g/mol. The Hall–Kier alpha value is -1.70. The van der Waals surface area contributed by atoms with Gasteiger partial charge in [0.2, 0.25) is 12.0 Å². The van der Waals surface area contributed by atoms with Crippen molar-refractivity contribution in [3.63, 3.8) is 0 Å². The molecule has 1 aromatic rings.